The summed E-state index contributed by atoms with van der Waals surface area (Å²) >= 11 is 11.5. The van der Waals surface area contributed by atoms with Crippen molar-refractivity contribution in [2.75, 3.05) is 0 Å². The fourth-order valence-corrected chi connectivity index (χ4v) is 5.30. The van der Waals surface area contributed by atoms with Crippen LogP contribution in [0.1, 0.15) is 22.9 Å². The number of hydrogen-bond donors (Lipinski definition) is 1. The SMILES string of the molecule is Cc1c(-n2c(Cc3ccc(Cl)cc3)nn(Cc3n[nH]c(=S)n3-c3ccc(F)cc3)c2=O)c(=O)n(-c2ccccc2)n1C. The molecule has 3 aromatic heterocycles. The van der Waals surface area contributed by atoms with E-state index in [-0.39, 0.29) is 29.0 Å². The predicted octanol–water partition coefficient (Wildman–Crippen LogP) is 4.51. The molecule has 0 atom stereocenters. The Morgan fingerprint density at radius 3 is 2.29 bits per heavy atom. The molecular weight excluding hydrogens is 579 g/mol. The van der Waals surface area contributed by atoms with Crippen LogP contribution in [-0.2, 0) is 20.0 Å². The van der Waals surface area contributed by atoms with Crippen molar-refractivity contribution in [3.63, 3.8) is 0 Å². The third-order valence-electron chi connectivity index (χ3n) is 7.05. The lowest BCUT2D eigenvalue weighted by Crippen LogP contribution is -2.30. The number of aromatic amines is 1. The molecule has 0 radical (unpaired) electrons. The first-order valence-electron chi connectivity index (χ1n) is 12.9. The second-order valence-corrected chi connectivity index (χ2v) is 10.5. The molecule has 0 aliphatic rings. The summed E-state index contributed by atoms with van der Waals surface area (Å²) in [6.45, 7) is 1.72. The van der Waals surface area contributed by atoms with Crippen molar-refractivity contribution in [1.29, 1.82) is 0 Å². The Morgan fingerprint density at radius 1 is 0.905 bits per heavy atom. The van der Waals surface area contributed by atoms with Crippen LogP contribution in [0.15, 0.2) is 88.5 Å². The van der Waals surface area contributed by atoms with E-state index in [1.807, 2.05) is 42.5 Å². The number of aromatic nitrogens is 8. The molecule has 0 spiro atoms. The number of nitrogens with one attached hydrogen (secondary N) is 1. The Bertz CT molecular complexity index is 2090. The quantitative estimate of drug-likeness (QED) is 0.271. The second kappa shape index (κ2) is 10.9. The Kier molecular flexibility index (Phi) is 7.09. The van der Waals surface area contributed by atoms with Crippen molar-refractivity contribution in [2.24, 2.45) is 7.05 Å². The van der Waals surface area contributed by atoms with E-state index in [4.69, 9.17) is 23.8 Å². The maximum absolute atomic E-state index is 14.1. The predicted molar refractivity (Wildman–Crippen MR) is 159 cm³/mol. The molecule has 42 heavy (non-hydrogen) atoms. The van der Waals surface area contributed by atoms with Crippen LogP contribution in [-0.4, -0.2) is 38.5 Å². The second-order valence-electron chi connectivity index (χ2n) is 9.66. The molecule has 3 aromatic carbocycles. The molecule has 13 heteroatoms. The normalized spacial score (nSPS) is 11.3. The van der Waals surface area contributed by atoms with Crippen LogP contribution >= 0.6 is 23.8 Å². The fourth-order valence-electron chi connectivity index (χ4n) is 4.92. The average molecular weight is 603 g/mol. The number of hydrogen-bond acceptors (Lipinski definition) is 5. The first kappa shape index (κ1) is 27.4. The van der Waals surface area contributed by atoms with Crippen LogP contribution in [0.25, 0.3) is 17.1 Å². The van der Waals surface area contributed by atoms with Gasteiger partial charge in [0.1, 0.15) is 23.9 Å². The first-order valence-corrected chi connectivity index (χ1v) is 13.7. The molecular formula is C29H24ClFN8O2S. The van der Waals surface area contributed by atoms with E-state index in [1.165, 1.54) is 26.1 Å². The first-order chi connectivity index (χ1) is 20.2. The highest BCUT2D eigenvalue weighted by Crippen LogP contribution is 2.18. The van der Waals surface area contributed by atoms with Crippen LogP contribution in [0.4, 0.5) is 4.39 Å². The minimum Gasteiger partial charge on any atom is -0.283 e. The van der Waals surface area contributed by atoms with E-state index in [0.717, 1.165) is 5.56 Å². The highest BCUT2D eigenvalue weighted by Gasteiger charge is 2.25. The molecule has 3 heterocycles. The van der Waals surface area contributed by atoms with E-state index in [1.54, 1.807) is 47.5 Å². The van der Waals surface area contributed by atoms with Gasteiger partial charge >= 0.3 is 5.69 Å². The molecule has 0 saturated carbocycles. The van der Waals surface area contributed by atoms with E-state index in [9.17, 15) is 14.0 Å². The van der Waals surface area contributed by atoms with Crippen molar-refractivity contribution in [1.82, 2.24) is 38.5 Å². The fraction of sp³-hybridized carbons (Fsp3) is 0.138. The zero-order valence-corrected chi connectivity index (χ0v) is 24.1. The molecule has 0 amide bonds. The number of rotatable bonds is 7. The van der Waals surface area contributed by atoms with Crippen LogP contribution in [0.3, 0.4) is 0 Å². The van der Waals surface area contributed by atoms with Gasteiger partial charge in [-0.2, -0.15) is 10.2 Å². The summed E-state index contributed by atoms with van der Waals surface area (Å²) in [6.07, 6.45) is 0.253. The largest absolute Gasteiger partial charge is 0.351 e. The Balaban J connectivity index is 1.52. The van der Waals surface area contributed by atoms with Crippen molar-refractivity contribution in [3.05, 3.63) is 138 Å². The van der Waals surface area contributed by atoms with Gasteiger partial charge in [0.25, 0.3) is 5.56 Å². The molecule has 212 valence electrons. The third-order valence-corrected chi connectivity index (χ3v) is 7.57. The Hall–Kier alpha value is -4.81. The van der Waals surface area contributed by atoms with E-state index >= 15 is 0 Å². The molecule has 6 rings (SSSR count). The summed E-state index contributed by atoms with van der Waals surface area (Å²) in [4.78, 5) is 28.0. The third kappa shape index (κ3) is 4.84. The zero-order valence-electron chi connectivity index (χ0n) is 22.5. The summed E-state index contributed by atoms with van der Waals surface area (Å²) in [7, 11) is 1.77. The molecule has 0 aliphatic carbocycles. The molecule has 6 aromatic rings. The Labute approximate surface area is 248 Å². The van der Waals surface area contributed by atoms with Crippen molar-refractivity contribution in [3.8, 4) is 17.1 Å². The summed E-state index contributed by atoms with van der Waals surface area (Å²) in [5.41, 5.74) is 1.97. The summed E-state index contributed by atoms with van der Waals surface area (Å²) in [5.74, 6) is 0.343. The molecule has 0 aliphatic heterocycles. The van der Waals surface area contributed by atoms with Gasteiger partial charge in [0.05, 0.1) is 11.4 Å². The van der Waals surface area contributed by atoms with Crippen molar-refractivity contribution < 1.29 is 4.39 Å². The van der Waals surface area contributed by atoms with Crippen molar-refractivity contribution in [2.45, 2.75) is 19.9 Å². The van der Waals surface area contributed by atoms with Gasteiger partial charge < -0.3 is 0 Å². The van der Waals surface area contributed by atoms with Gasteiger partial charge in [0, 0.05) is 24.2 Å². The minimum atomic E-state index is -0.524. The van der Waals surface area contributed by atoms with E-state index < -0.39 is 11.5 Å². The van der Waals surface area contributed by atoms with Gasteiger partial charge in [-0.15, -0.1) is 0 Å². The monoisotopic (exact) mass is 602 g/mol. The highest BCUT2D eigenvalue weighted by atomic mass is 35.5. The van der Waals surface area contributed by atoms with Gasteiger partial charge in [-0.05, 0) is 73.2 Å². The lowest BCUT2D eigenvalue weighted by Gasteiger charge is -2.07. The van der Waals surface area contributed by atoms with Gasteiger partial charge in [0.15, 0.2) is 10.6 Å². The standard InChI is InChI=1S/C29H24ClFN8O2S/c1-18-26(27(40)39(35(18)2)23-6-4-3-5-7-23)38-24(16-19-8-10-20(30)11-9-19)34-36(29(38)41)17-25-32-33-28(42)37(25)22-14-12-21(31)13-15-22/h3-15H,16-17H2,1-2H3,(H,33,42). The molecule has 0 bridgehead atoms. The van der Waals surface area contributed by atoms with Gasteiger partial charge in [-0.25, -0.2) is 23.1 Å². The number of para-hydroxylation sites is 1. The number of halogens is 2. The molecule has 0 unspecified atom stereocenters. The number of benzene rings is 3. The topological polar surface area (TPSA) is 100 Å². The number of nitrogens with zero attached hydrogens (tertiary/aromatic N) is 7. The van der Waals surface area contributed by atoms with Crippen LogP contribution < -0.4 is 11.2 Å². The van der Waals surface area contributed by atoms with E-state index in [2.05, 4.69) is 15.3 Å². The average Bonchev–Trinajstić information content (AvgIpc) is 3.56. The molecule has 1 N–H and O–H groups in total. The maximum atomic E-state index is 14.1. The lowest BCUT2D eigenvalue weighted by molar-refractivity contribution is 0.612. The van der Waals surface area contributed by atoms with Gasteiger partial charge in [-0.1, -0.05) is 41.9 Å². The van der Waals surface area contributed by atoms with Crippen molar-refractivity contribution >= 4 is 23.8 Å². The van der Waals surface area contributed by atoms with Crippen LogP contribution in [0.2, 0.25) is 5.02 Å². The van der Waals surface area contributed by atoms with Gasteiger partial charge in [-0.3, -0.25) is 19.1 Å². The minimum absolute atomic E-state index is 0.0667. The Morgan fingerprint density at radius 2 is 1.60 bits per heavy atom. The van der Waals surface area contributed by atoms with Crippen LogP contribution in [0.5, 0.6) is 0 Å². The number of H-pyrrole nitrogens is 1. The highest BCUT2D eigenvalue weighted by molar-refractivity contribution is 7.71. The van der Waals surface area contributed by atoms with Gasteiger partial charge in [0.2, 0.25) is 0 Å². The molecule has 10 nitrogen and oxygen atoms in total. The lowest BCUT2D eigenvalue weighted by atomic mass is 10.1. The summed E-state index contributed by atoms with van der Waals surface area (Å²) < 4.78 is 21.3. The van der Waals surface area contributed by atoms with Crippen LogP contribution in [0, 0.1) is 17.5 Å². The summed E-state index contributed by atoms with van der Waals surface area (Å²) in [5, 5.41) is 12.3. The van der Waals surface area contributed by atoms with E-state index in [0.29, 0.717) is 33.7 Å². The smallest absolute Gasteiger partial charge is 0.283 e. The molecule has 0 fully saturated rings. The summed E-state index contributed by atoms with van der Waals surface area (Å²) in [6, 6.07) is 22.2. The zero-order chi connectivity index (χ0) is 29.5. The molecule has 0 saturated heterocycles. The maximum Gasteiger partial charge on any atom is 0.351 e.